The summed E-state index contributed by atoms with van der Waals surface area (Å²) in [5.74, 6) is -0.526. The summed E-state index contributed by atoms with van der Waals surface area (Å²) in [6.07, 6.45) is 39.7. The SMILES string of the molecule is CCCC/C=C\CCCCCCCC(=O)OCC(O)COP(=O)(O)OCCNC(=O)CCCCCCCCCCC/C=C/CCCCCCCC. The standard InChI is InChI=1S/C41H78NO8P/c1-3-5-7-9-11-13-15-16-17-18-19-20-21-22-24-25-27-29-31-33-40(44)42-35-36-49-51(46,47)50-38-39(43)37-48-41(45)34-32-30-28-26-23-14-12-10-8-6-4-2/h10,12,16-17,39,43H,3-9,11,13-15,18-38H2,1-2H3,(H,42,44)(H,46,47)/b12-10-,17-16+. The van der Waals surface area contributed by atoms with Crippen molar-refractivity contribution in [3.63, 3.8) is 0 Å². The van der Waals surface area contributed by atoms with Gasteiger partial charge in [-0.1, -0.05) is 147 Å². The smallest absolute Gasteiger partial charge is 0.463 e. The zero-order chi connectivity index (χ0) is 37.5. The number of ether oxygens (including phenoxy) is 1. The predicted octanol–water partition coefficient (Wildman–Crippen LogP) is 11.2. The van der Waals surface area contributed by atoms with Crippen LogP contribution in [0.2, 0.25) is 0 Å². The largest absolute Gasteiger partial charge is 0.472 e. The lowest BCUT2D eigenvalue weighted by atomic mass is 10.1. The minimum absolute atomic E-state index is 0.0813. The van der Waals surface area contributed by atoms with Crippen LogP contribution in [0.15, 0.2) is 24.3 Å². The van der Waals surface area contributed by atoms with Gasteiger partial charge in [0.15, 0.2) is 0 Å². The maximum Gasteiger partial charge on any atom is 0.472 e. The van der Waals surface area contributed by atoms with Gasteiger partial charge < -0.3 is 20.1 Å². The van der Waals surface area contributed by atoms with Gasteiger partial charge in [-0.05, 0) is 57.8 Å². The fourth-order valence-electron chi connectivity index (χ4n) is 5.65. The second-order valence-corrected chi connectivity index (χ2v) is 15.4. The molecule has 0 saturated carbocycles. The number of allylic oxidation sites excluding steroid dienone is 4. The minimum atomic E-state index is -4.41. The first-order chi connectivity index (χ1) is 24.8. The van der Waals surface area contributed by atoms with Crippen LogP contribution in [0.25, 0.3) is 0 Å². The number of hydrogen-bond donors (Lipinski definition) is 3. The monoisotopic (exact) mass is 744 g/mol. The van der Waals surface area contributed by atoms with Crippen LogP contribution in [-0.4, -0.2) is 54.3 Å². The number of phosphoric ester groups is 1. The molecule has 10 heteroatoms. The first kappa shape index (κ1) is 49.5. The van der Waals surface area contributed by atoms with Crippen molar-refractivity contribution < 1.29 is 37.9 Å². The quantitative estimate of drug-likeness (QED) is 0.0245. The number of phosphoric acid groups is 1. The lowest BCUT2D eigenvalue weighted by molar-refractivity contribution is -0.147. The molecule has 0 aliphatic rings. The number of unbranched alkanes of at least 4 members (excludes halogenated alkanes) is 22. The van der Waals surface area contributed by atoms with Crippen molar-refractivity contribution in [1.82, 2.24) is 5.32 Å². The van der Waals surface area contributed by atoms with E-state index in [-0.39, 0.29) is 32.1 Å². The molecule has 0 aliphatic carbocycles. The first-order valence-electron chi connectivity index (χ1n) is 20.8. The Bertz CT molecular complexity index is 897. The van der Waals surface area contributed by atoms with Crippen molar-refractivity contribution in [1.29, 1.82) is 0 Å². The molecule has 0 saturated heterocycles. The Morgan fingerprint density at radius 1 is 0.588 bits per heavy atom. The molecule has 51 heavy (non-hydrogen) atoms. The van der Waals surface area contributed by atoms with Gasteiger partial charge in [0.05, 0.1) is 13.2 Å². The molecule has 0 heterocycles. The van der Waals surface area contributed by atoms with Crippen molar-refractivity contribution in [2.45, 2.75) is 200 Å². The zero-order valence-corrected chi connectivity index (χ0v) is 33.7. The number of carbonyl (C=O) groups excluding carboxylic acids is 2. The van der Waals surface area contributed by atoms with E-state index in [0.29, 0.717) is 6.42 Å². The van der Waals surface area contributed by atoms with Crippen molar-refractivity contribution in [3.05, 3.63) is 24.3 Å². The van der Waals surface area contributed by atoms with Gasteiger partial charge in [-0.25, -0.2) is 4.57 Å². The molecule has 2 atom stereocenters. The highest BCUT2D eigenvalue weighted by molar-refractivity contribution is 7.47. The van der Waals surface area contributed by atoms with Crippen LogP contribution in [0.1, 0.15) is 194 Å². The van der Waals surface area contributed by atoms with Crippen molar-refractivity contribution in [2.75, 3.05) is 26.4 Å². The maximum atomic E-state index is 12.1. The Morgan fingerprint density at radius 3 is 1.53 bits per heavy atom. The summed E-state index contributed by atoms with van der Waals surface area (Å²) in [4.78, 5) is 33.8. The van der Waals surface area contributed by atoms with Gasteiger partial charge in [-0.15, -0.1) is 0 Å². The van der Waals surface area contributed by atoms with E-state index in [1.165, 1.54) is 103 Å². The number of aliphatic hydroxyl groups is 1. The summed E-state index contributed by atoms with van der Waals surface area (Å²) in [6.45, 7) is 3.50. The summed E-state index contributed by atoms with van der Waals surface area (Å²) in [5.41, 5.74) is 0. The van der Waals surface area contributed by atoms with E-state index < -0.39 is 26.5 Å². The molecule has 0 radical (unpaired) electrons. The molecular weight excluding hydrogens is 665 g/mol. The highest BCUT2D eigenvalue weighted by Crippen LogP contribution is 2.42. The molecule has 2 unspecified atom stereocenters. The average molecular weight is 744 g/mol. The molecular formula is C41H78NO8P. The number of amides is 1. The minimum Gasteiger partial charge on any atom is -0.463 e. The summed E-state index contributed by atoms with van der Waals surface area (Å²) in [7, 11) is -4.41. The Hall–Kier alpha value is -1.51. The van der Waals surface area contributed by atoms with E-state index in [1.807, 2.05) is 0 Å². The molecule has 0 rings (SSSR count). The van der Waals surface area contributed by atoms with Crippen LogP contribution >= 0.6 is 7.82 Å². The third-order valence-electron chi connectivity index (χ3n) is 8.85. The summed E-state index contributed by atoms with van der Waals surface area (Å²) >= 11 is 0. The number of rotatable bonds is 39. The molecule has 0 aromatic carbocycles. The normalized spacial score (nSPS) is 13.6. The number of esters is 1. The van der Waals surface area contributed by atoms with E-state index in [4.69, 9.17) is 13.8 Å². The molecule has 0 aromatic heterocycles. The van der Waals surface area contributed by atoms with Gasteiger partial charge in [0.1, 0.15) is 12.7 Å². The molecule has 9 nitrogen and oxygen atoms in total. The van der Waals surface area contributed by atoms with Crippen LogP contribution in [0.4, 0.5) is 0 Å². The highest BCUT2D eigenvalue weighted by Gasteiger charge is 2.23. The van der Waals surface area contributed by atoms with Gasteiger partial charge >= 0.3 is 13.8 Å². The van der Waals surface area contributed by atoms with E-state index >= 15 is 0 Å². The summed E-state index contributed by atoms with van der Waals surface area (Å²) in [6, 6.07) is 0. The van der Waals surface area contributed by atoms with Crippen molar-refractivity contribution in [3.8, 4) is 0 Å². The molecule has 0 fully saturated rings. The number of hydrogen-bond acceptors (Lipinski definition) is 7. The lowest BCUT2D eigenvalue weighted by Gasteiger charge is -2.15. The van der Waals surface area contributed by atoms with Crippen LogP contribution in [0.5, 0.6) is 0 Å². The first-order valence-corrected chi connectivity index (χ1v) is 22.3. The fourth-order valence-corrected chi connectivity index (χ4v) is 6.41. The van der Waals surface area contributed by atoms with Gasteiger partial charge in [0.25, 0.3) is 0 Å². The number of nitrogens with one attached hydrogen (secondary N) is 1. The molecule has 0 bridgehead atoms. The third kappa shape index (κ3) is 39.5. The van der Waals surface area contributed by atoms with Gasteiger partial charge in [-0.3, -0.25) is 18.6 Å². The Labute approximate surface area is 312 Å². The topological polar surface area (TPSA) is 131 Å². The second kappa shape index (κ2) is 38.2. The Balaban J connectivity index is 3.58. The second-order valence-electron chi connectivity index (χ2n) is 14.0. The van der Waals surface area contributed by atoms with Crippen LogP contribution in [0, 0.1) is 0 Å². The maximum absolute atomic E-state index is 12.1. The van der Waals surface area contributed by atoms with Crippen LogP contribution in [-0.2, 0) is 27.9 Å². The number of aliphatic hydroxyl groups excluding tert-OH is 1. The van der Waals surface area contributed by atoms with Crippen molar-refractivity contribution >= 4 is 19.7 Å². The molecule has 0 aliphatic heterocycles. The van der Waals surface area contributed by atoms with Crippen LogP contribution in [0.3, 0.4) is 0 Å². The Kier molecular flexibility index (Phi) is 37.1. The van der Waals surface area contributed by atoms with Gasteiger partial charge in [0, 0.05) is 19.4 Å². The van der Waals surface area contributed by atoms with E-state index in [1.54, 1.807) is 0 Å². The number of carbonyl (C=O) groups is 2. The summed E-state index contributed by atoms with van der Waals surface area (Å²) in [5, 5.41) is 12.7. The fraction of sp³-hybridized carbons (Fsp3) is 0.854. The highest BCUT2D eigenvalue weighted by atomic mass is 31.2. The van der Waals surface area contributed by atoms with Gasteiger partial charge in [0.2, 0.25) is 5.91 Å². The zero-order valence-electron chi connectivity index (χ0n) is 32.8. The molecule has 3 N–H and O–H groups in total. The molecule has 0 spiro atoms. The van der Waals surface area contributed by atoms with E-state index in [0.717, 1.165) is 64.2 Å². The van der Waals surface area contributed by atoms with Crippen LogP contribution < -0.4 is 5.32 Å². The predicted molar refractivity (Wildman–Crippen MR) is 211 cm³/mol. The Morgan fingerprint density at radius 2 is 1.02 bits per heavy atom. The lowest BCUT2D eigenvalue weighted by Crippen LogP contribution is -2.27. The average Bonchev–Trinajstić information content (AvgIpc) is 3.11. The third-order valence-corrected chi connectivity index (χ3v) is 9.84. The van der Waals surface area contributed by atoms with Crippen molar-refractivity contribution in [2.24, 2.45) is 0 Å². The van der Waals surface area contributed by atoms with E-state index in [2.05, 4.69) is 43.5 Å². The molecule has 300 valence electrons. The van der Waals surface area contributed by atoms with Gasteiger partial charge in [-0.2, -0.15) is 0 Å². The molecule has 0 aromatic rings. The molecule has 1 amide bonds. The van der Waals surface area contributed by atoms with E-state index in [9.17, 15) is 24.2 Å². The summed E-state index contributed by atoms with van der Waals surface area (Å²) < 4.78 is 26.8.